The topological polar surface area (TPSA) is 18.5 Å². The van der Waals surface area contributed by atoms with Gasteiger partial charge in [0.15, 0.2) is 6.29 Å². The molecule has 0 amide bonds. The molecule has 1 fully saturated rings. The van der Waals surface area contributed by atoms with E-state index in [4.69, 9.17) is 9.47 Å². The van der Waals surface area contributed by atoms with Gasteiger partial charge in [0.25, 0.3) is 0 Å². The predicted molar refractivity (Wildman–Crippen MR) is 90.4 cm³/mol. The molecule has 0 bridgehead atoms. The average molecular weight is 354 g/mol. The first-order valence-electron chi connectivity index (χ1n) is 7.26. The predicted octanol–water partition coefficient (Wildman–Crippen LogP) is 4.38. The quantitative estimate of drug-likeness (QED) is 0.751. The van der Waals surface area contributed by atoms with Gasteiger partial charge in [-0.15, -0.1) is 0 Å². The summed E-state index contributed by atoms with van der Waals surface area (Å²) in [6, 6.07) is 4.91. The zero-order chi connectivity index (χ0) is 17.4. The Labute approximate surface area is 143 Å². The highest BCUT2D eigenvalue weighted by Crippen LogP contribution is 2.29. The maximum Gasteiger partial charge on any atom is 0.416 e. The van der Waals surface area contributed by atoms with Crippen LogP contribution < -0.4 is 0 Å². The molecule has 1 aromatic rings. The minimum Gasteiger partial charge on any atom is -0.348 e. The third-order valence-electron chi connectivity index (χ3n) is 3.24. The second-order valence-corrected chi connectivity index (χ2v) is 6.13. The Morgan fingerprint density at radius 3 is 2.29 bits per heavy atom. The van der Waals surface area contributed by atoms with Crippen molar-refractivity contribution < 1.29 is 22.6 Å². The third kappa shape index (κ3) is 6.08. The van der Waals surface area contributed by atoms with Crippen LogP contribution in [0, 0.1) is 11.8 Å². The standard InChI is InChI=1S/C18H17F3O2S/c1-24-16-12-22-17(23-13-16)7-5-3-2-4-6-14-8-10-15(11-9-14)18(19,20)21/h4-11,16-17H,12-13H2,1H3. The molecule has 128 valence electrons. The van der Waals surface area contributed by atoms with Gasteiger partial charge in [0.2, 0.25) is 0 Å². The monoisotopic (exact) mass is 354 g/mol. The van der Waals surface area contributed by atoms with Crippen LogP contribution in [0.25, 0.3) is 6.08 Å². The highest BCUT2D eigenvalue weighted by Gasteiger charge is 2.29. The molecule has 0 spiro atoms. The number of allylic oxidation sites excluding steroid dienone is 2. The molecule has 24 heavy (non-hydrogen) atoms. The fourth-order valence-corrected chi connectivity index (χ4v) is 2.32. The molecule has 0 radical (unpaired) electrons. The zero-order valence-electron chi connectivity index (χ0n) is 13.0. The summed E-state index contributed by atoms with van der Waals surface area (Å²) in [7, 11) is 0. The van der Waals surface area contributed by atoms with Crippen molar-refractivity contribution >= 4 is 17.8 Å². The molecule has 1 aliphatic heterocycles. The largest absolute Gasteiger partial charge is 0.416 e. The lowest BCUT2D eigenvalue weighted by Gasteiger charge is -2.26. The van der Waals surface area contributed by atoms with Gasteiger partial charge in [0, 0.05) is 0 Å². The molecule has 0 N–H and O–H groups in total. The molecule has 1 aromatic carbocycles. The fourth-order valence-electron chi connectivity index (χ4n) is 1.89. The summed E-state index contributed by atoms with van der Waals surface area (Å²) in [5.74, 6) is 5.58. The van der Waals surface area contributed by atoms with E-state index in [1.54, 1.807) is 36.1 Å². The van der Waals surface area contributed by atoms with Crippen molar-refractivity contribution in [2.24, 2.45) is 0 Å². The van der Waals surface area contributed by atoms with E-state index < -0.39 is 11.7 Å². The molecule has 0 atom stereocenters. The summed E-state index contributed by atoms with van der Waals surface area (Å²) in [4.78, 5) is 0. The van der Waals surface area contributed by atoms with Gasteiger partial charge in [0.1, 0.15) is 0 Å². The van der Waals surface area contributed by atoms with Crippen LogP contribution in [0.5, 0.6) is 0 Å². The van der Waals surface area contributed by atoms with Gasteiger partial charge in [-0.3, -0.25) is 0 Å². The third-order valence-corrected chi connectivity index (χ3v) is 4.18. The molecule has 0 aliphatic carbocycles. The molecule has 0 saturated carbocycles. The lowest BCUT2D eigenvalue weighted by Crippen LogP contribution is -2.32. The summed E-state index contributed by atoms with van der Waals surface area (Å²) in [5.41, 5.74) is -0.00630. The van der Waals surface area contributed by atoms with Crippen molar-refractivity contribution in [3.8, 4) is 11.8 Å². The summed E-state index contributed by atoms with van der Waals surface area (Å²) < 4.78 is 48.3. The van der Waals surface area contributed by atoms with Crippen LogP contribution in [0.3, 0.4) is 0 Å². The first kappa shape index (κ1) is 18.7. The van der Waals surface area contributed by atoms with Crippen LogP contribution in [0.4, 0.5) is 13.2 Å². The summed E-state index contributed by atoms with van der Waals surface area (Å²) in [6.07, 6.45) is 3.93. The molecule has 1 heterocycles. The van der Waals surface area contributed by atoms with Crippen molar-refractivity contribution in [2.75, 3.05) is 19.5 Å². The van der Waals surface area contributed by atoms with E-state index in [2.05, 4.69) is 11.8 Å². The van der Waals surface area contributed by atoms with Crippen molar-refractivity contribution in [1.82, 2.24) is 0 Å². The van der Waals surface area contributed by atoms with Crippen molar-refractivity contribution in [2.45, 2.75) is 17.7 Å². The van der Waals surface area contributed by atoms with Crippen molar-refractivity contribution in [3.05, 3.63) is 53.6 Å². The van der Waals surface area contributed by atoms with Gasteiger partial charge in [-0.25, -0.2) is 0 Å². The molecule has 1 aliphatic rings. The minimum atomic E-state index is -4.31. The number of ether oxygens (including phenoxy) is 2. The highest BCUT2D eigenvalue weighted by molar-refractivity contribution is 7.99. The normalized spacial score (nSPS) is 21.8. The second-order valence-electron chi connectivity index (χ2n) is 4.99. The van der Waals surface area contributed by atoms with E-state index in [0.717, 1.165) is 12.1 Å². The minimum absolute atomic E-state index is 0.368. The first-order chi connectivity index (χ1) is 11.5. The van der Waals surface area contributed by atoms with E-state index in [1.807, 2.05) is 6.26 Å². The molecule has 2 nitrogen and oxygen atoms in total. The Kier molecular flexibility index (Phi) is 6.98. The number of hydrogen-bond acceptors (Lipinski definition) is 3. The summed E-state index contributed by atoms with van der Waals surface area (Å²) >= 11 is 1.71. The van der Waals surface area contributed by atoms with Gasteiger partial charge >= 0.3 is 6.18 Å². The smallest absolute Gasteiger partial charge is 0.348 e. The Hall–Kier alpha value is -1.68. The lowest BCUT2D eigenvalue weighted by molar-refractivity contribution is -0.146. The zero-order valence-corrected chi connectivity index (χ0v) is 13.9. The number of rotatable bonds is 3. The van der Waals surface area contributed by atoms with E-state index in [9.17, 15) is 13.2 Å². The van der Waals surface area contributed by atoms with E-state index in [0.29, 0.717) is 24.0 Å². The molecule has 2 rings (SSSR count). The number of halogens is 3. The second kappa shape index (κ2) is 8.97. The highest BCUT2D eigenvalue weighted by atomic mass is 32.2. The molecular formula is C18H17F3O2S. The van der Waals surface area contributed by atoms with Gasteiger partial charge in [-0.1, -0.05) is 24.0 Å². The summed E-state index contributed by atoms with van der Waals surface area (Å²) in [6.45, 7) is 1.30. The van der Waals surface area contributed by atoms with Gasteiger partial charge in [-0.2, -0.15) is 24.9 Å². The van der Waals surface area contributed by atoms with Gasteiger partial charge in [-0.05, 0) is 48.3 Å². The molecule has 0 unspecified atom stereocenters. The molecule has 6 heteroatoms. The van der Waals surface area contributed by atoms with Crippen LogP contribution in [0.15, 0.2) is 42.5 Å². The number of alkyl halides is 3. The Morgan fingerprint density at radius 2 is 1.71 bits per heavy atom. The first-order valence-corrected chi connectivity index (χ1v) is 8.55. The SMILES string of the molecule is CSC1COC(C=CC#CC=Cc2ccc(C(F)(F)F)cc2)OC1. The Balaban J connectivity index is 1.80. The van der Waals surface area contributed by atoms with Crippen LogP contribution in [0.1, 0.15) is 11.1 Å². The maximum atomic E-state index is 12.4. The van der Waals surface area contributed by atoms with Gasteiger partial charge < -0.3 is 9.47 Å². The van der Waals surface area contributed by atoms with E-state index in [1.165, 1.54) is 12.1 Å². The molecule has 0 aromatic heterocycles. The van der Waals surface area contributed by atoms with Crippen molar-refractivity contribution in [1.29, 1.82) is 0 Å². The average Bonchev–Trinajstić information content (AvgIpc) is 2.58. The number of benzene rings is 1. The van der Waals surface area contributed by atoms with Gasteiger partial charge in [0.05, 0.1) is 24.0 Å². The van der Waals surface area contributed by atoms with Crippen LogP contribution in [0.2, 0.25) is 0 Å². The van der Waals surface area contributed by atoms with E-state index in [-0.39, 0.29) is 6.29 Å². The fraction of sp³-hybridized carbons (Fsp3) is 0.333. The lowest BCUT2D eigenvalue weighted by atomic mass is 10.1. The Morgan fingerprint density at radius 1 is 1.08 bits per heavy atom. The molecule has 1 saturated heterocycles. The van der Waals surface area contributed by atoms with Crippen LogP contribution in [-0.4, -0.2) is 31.0 Å². The maximum absolute atomic E-state index is 12.4. The number of thioether (sulfide) groups is 1. The van der Waals surface area contributed by atoms with Crippen molar-refractivity contribution in [3.63, 3.8) is 0 Å². The summed E-state index contributed by atoms with van der Waals surface area (Å²) in [5, 5.41) is 0.368. The Bertz CT molecular complexity index is 631. The van der Waals surface area contributed by atoms with Crippen LogP contribution in [-0.2, 0) is 15.7 Å². The van der Waals surface area contributed by atoms with Crippen LogP contribution >= 0.6 is 11.8 Å². The number of hydrogen-bond donors (Lipinski definition) is 0. The van der Waals surface area contributed by atoms with E-state index >= 15 is 0 Å². The molecular weight excluding hydrogens is 337 g/mol.